The Bertz CT molecular complexity index is 808. The summed E-state index contributed by atoms with van der Waals surface area (Å²) in [6.07, 6.45) is 0.647. The number of sulfone groups is 1. The molecule has 2 heterocycles. The Hall–Kier alpha value is -1.82. The van der Waals surface area contributed by atoms with E-state index in [1.54, 1.807) is 0 Å². The van der Waals surface area contributed by atoms with Gasteiger partial charge in [0.15, 0.2) is 9.84 Å². The van der Waals surface area contributed by atoms with Crippen LogP contribution in [0.3, 0.4) is 0 Å². The van der Waals surface area contributed by atoms with Crippen LogP contribution >= 0.6 is 0 Å². The number of fused-ring (bicyclic) bond motifs is 1. The number of aryl methyl sites for hydroxylation is 1. The largest absolute Gasteiger partial charge is 0.354 e. The molecule has 22 heavy (non-hydrogen) atoms. The topological polar surface area (TPSA) is 68.2 Å². The van der Waals surface area contributed by atoms with Crippen molar-refractivity contribution in [2.75, 3.05) is 18.1 Å². The highest BCUT2D eigenvalue weighted by Crippen LogP contribution is 2.19. The zero-order valence-electron chi connectivity index (χ0n) is 12.6. The van der Waals surface area contributed by atoms with E-state index < -0.39 is 9.84 Å². The third kappa shape index (κ3) is 3.16. The van der Waals surface area contributed by atoms with E-state index in [0.29, 0.717) is 13.0 Å². The molecule has 0 spiro atoms. The van der Waals surface area contributed by atoms with Gasteiger partial charge in [-0.15, -0.1) is 0 Å². The van der Waals surface area contributed by atoms with E-state index in [4.69, 9.17) is 0 Å². The molecule has 1 fully saturated rings. The van der Waals surface area contributed by atoms with Crippen molar-refractivity contribution < 1.29 is 13.2 Å². The van der Waals surface area contributed by atoms with Crippen LogP contribution in [0.4, 0.5) is 0 Å². The molecule has 0 radical (unpaired) electrons. The minimum absolute atomic E-state index is 0.0523. The van der Waals surface area contributed by atoms with E-state index in [2.05, 4.69) is 11.4 Å². The fourth-order valence-corrected chi connectivity index (χ4v) is 4.91. The lowest BCUT2D eigenvalue weighted by Crippen LogP contribution is -2.32. The highest BCUT2D eigenvalue weighted by atomic mass is 32.2. The third-order valence-corrected chi connectivity index (χ3v) is 6.07. The summed E-state index contributed by atoms with van der Waals surface area (Å²) in [4.78, 5) is 12.1. The number of nitrogens with one attached hydrogen (secondary N) is 1. The number of para-hydroxylation sites is 1. The summed E-state index contributed by atoms with van der Waals surface area (Å²) in [5.74, 6) is 0.415. The SMILES string of the molecule is Cc1cc2ccccc2n1CC(=O)NC[C@@H]1CCS(=O)(=O)C1. The number of carbonyl (C=O) groups excluding carboxylic acids is 1. The Morgan fingerprint density at radius 2 is 2.14 bits per heavy atom. The average Bonchev–Trinajstić information content (AvgIpc) is 2.97. The van der Waals surface area contributed by atoms with Crippen LogP contribution in [0.5, 0.6) is 0 Å². The molecule has 3 rings (SSSR count). The van der Waals surface area contributed by atoms with Gasteiger partial charge >= 0.3 is 0 Å². The second kappa shape index (κ2) is 5.76. The Morgan fingerprint density at radius 1 is 1.36 bits per heavy atom. The van der Waals surface area contributed by atoms with E-state index in [-0.39, 0.29) is 29.9 Å². The molecule has 0 unspecified atom stereocenters. The highest BCUT2D eigenvalue weighted by Gasteiger charge is 2.27. The number of amides is 1. The second-order valence-electron chi connectivity index (χ2n) is 6.00. The third-order valence-electron chi connectivity index (χ3n) is 4.23. The molecule has 6 heteroatoms. The molecule has 1 N–H and O–H groups in total. The van der Waals surface area contributed by atoms with Gasteiger partial charge in [0.2, 0.25) is 5.91 Å². The van der Waals surface area contributed by atoms with Crippen LogP contribution in [-0.4, -0.2) is 36.9 Å². The molecule has 0 saturated carbocycles. The Labute approximate surface area is 130 Å². The van der Waals surface area contributed by atoms with Gasteiger partial charge < -0.3 is 9.88 Å². The maximum absolute atomic E-state index is 12.1. The van der Waals surface area contributed by atoms with Crippen molar-refractivity contribution in [2.24, 2.45) is 5.92 Å². The Balaban J connectivity index is 1.63. The van der Waals surface area contributed by atoms with Gasteiger partial charge in [-0.05, 0) is 36.8 Å². The van der Waals surface area contributed by atoms with E-state index in [1.165, 1.54) is 0 Å². The lowest BCUT2D eigenvalue weighted by atomic mass is 10.1. The first kappa shape index (κ1) is 15.1. The monoisotopic (exact) mass is 320 g/mol. The number of benzene rings is 1. The summed E-state index contributed by atoms with van der Waals surface area (Å²) in [6.45, 7) is 2.69. The maximum Gasteiger partial charge on any atom is 0.239 e. The minimum atomic E-state index is -2.89. The smallest absolute Gasteiger partial charge is 0.239 e. The van der Waals surface area contributed by atoms with Gasteiger partial charge in [-0.3, -0.25) is 4.79 Å². The number of aromatic nitrogens is 1. The van der Waals surface area contributed by atoms with Gasteiger partial charge in [0.05, 0.1) is 11.5 Å². The first-order chi connectivity index (χ1) is 10.4. The molecule has 1 atom stereocenters. The van der Waals surface area contributed by atoms with Crippen molar-refractivity contribution in [2.45, 2.75) is 19.9 Å². The number of hydrogen-bond donors (Lipinski definition) is 1. The Morgan fingerprint density at radius 3 is 2.86 bits per heavy atom. The van der Waals surface area contributed by atoms with Crippen molar-refractivity contribution in [1.82, 2.24) is 9.88 Å². The zero-order valence-corrected chi connectivity index (χ0v) is 13.4. The molecule has 2 aromatic rings. The molecule has 118 valence electrons. The van der Waals surface area contributed by atoms with Crippen molar-refractivity contribution in [3.63, 3.8) is 0 Å². The van der Waals surface area contributed by atoms with Gasteiger partial charge in [0.25, 0.3) is 0 Å². The molecule has 1 saturated heterocycles. The van der Waals surface area contributed by atoms with Crippen molar-refractivity contribution in [1.29, 1.82) is 0 Å². The van der Waals surface area contributed by atoms with Crippen LogP contribution in [0.25, 0.3) is 10.9 Å². The minimum Gasteiger partial charge on any atom is -0.354 e. The van der Waals surface area contributed by atoms with Crippen LogP contribution in [0.2, 0.25) is 0 Å². The first-order valence-electron chi connectivity index (χ1n) is 7.46. The number of carbonyl (C=O) groups is 1. The molecule has 1 amide bonds. The summed E-state index contributed by atoms with van der Waals surface area (Å²) in [7, 11) is -2.89. The first-order valence-corrected chi connectivity index (χ1v) is 9.29. The zero-order chi connectivity index (χ0) is 15.7. The molecular formula is C16H20N2O3S. The number of hydrogen-bond acceptors (Lipinski definition) is 3. The van der Waals surface area contributed by atoms with Crippen LogP contribution in [0.15, 0.2) is 30.3 Å². The second-order valence-corrected chi connectivity index (χ2v) is 8.23. The van der Waals surface area contributed by atoms with Crippen molar-refractivity contribution >= 4 is 26.6 Å². The molecule has 5 nitrogen and oxygen atoms in total. The van der Waals surface area contributed by atoms with Gasteiger partial charge in [-0.1, -0.05) is 18.2 Å². The van der Waals surface area contributed by atoms with E-state index >= 15 is 0 Å². The number of rotatable bonds is 4. The van der Waals surface area contributed by atoms with Crippen molar-refractivity contribution in [3.8, 4) is 0 Å². The van der Waals surface area contributed by atoms with Crippen LogP contribution < -0.4 is 5.32 Å². The summed E-state index contributed by atoms with van der Waals surface area (Å²) < 4.78 is 24.8. The molecule has 1 aliphatic heterocycles. The molecule has 0 bridgehead atoms. The van der Waals surface area contributed by atoms with Crippen LogP contribution in [0.1, 0.15) is 12.1 Å². The molecule has 1 aromatic heterocycles. The van der Waals surface area contributed by atoms with Crippen LogP contribution in [0, 0.1) is 12.8 Å². The standard InChI is InChI=1S/C16H20N2O3S/c1-12-8-14-4-2-3-5-15(14)18(12)10-16(19)17-9-13-6-7-22(20,21)11-13/h2-5,8,13H,6-7,9-11H2,1H3,(H,17,19)/t13-/m0/s1. The van der Waals surface area contributed by atoms with E-state index in [1.807, 2.05) is 35.8 Å². The fourth-order valence-electron chi connectivity index (χ4n) is 3.05. The Kier molecular flexibility index (Phi) is 3.95. The maximum atomic E-state index is 12.1. The quantitative estimate of drug-likeness (QED) is 0.928. The molecule has 1 aromatic carbocycles. The van der Waals surface area contributed by atoms with Gasteiger partial charge in [-0.25, -0.2) is 8.42 Å². The summed E-state index contributed by atoms with van der Waals surface area (Å²) in [5.41, 5.74) is 2.08. The highest BCUT2D eigenvalue weighted by molar-refractivity contribution is 7.91. The van der Waals surface area contributed by atoms with E-state index in [0.717, 1.165) is 16.6 Å². The lowest BCUT2D eigenvalue weighted by Gasteiger charge is -2.12. The summed E-state index contributed by atoms with van der Waals surface area (Å²) >= 11 is 0. The fraction of sp³-hybridized carbons (Fsp3) is 0.438. The van der Waals surface area contributed by atoms with Crippen molar-refractivity contribution in [3.05, 3.63) is 36.0 Å². The predicted molar refractivity (Wildman–Crippen MR) is 86.4 cm³/mol. The van der Waals surface area contributed by atoms with Gasteiger partial charge in [0, 0.05) is 17.8 Å². The summed E-state index contributed by atoms with van der Waals surface area (Å²) in [5, 5.41) is 3.99. The molecular weight excluding hydrogens is 300 g/mol. The normalized spacial score (nSPS) is 20.3. The van der Waals surface area contributed by atoms with Gasteiger partial charge in [-0.2, -0.15) is 0 Å². The average molecular weight is 320 g/mol. The molecule has 0 aliphatic carbocycles. The lowest BCUT2D eigenvalue weighted by molar-refractivity contribution is -0.121. The van der Waals surface area contributed by atoms with Crippen LogP contribution in [-0.2, 0) is 21.2 Å². The van der Waals surface area contributed by atoms with Gasteiger partial charge in [0.1, 0.15) is 6.54 Å². The predicted octanol–water partition coefficient (Wildman–Crippen LogP) is 1.50. The summed E-state index contributed by atoms with van der Waals surface area (Å²) in [6, 6.07) is 10.0. The van der Waals surface area contributed by atoms with E-state index in [9.17, 15) is 13.2 Å². The molecule has 1 aliphatic rings. The number of nitrogens with zero attached hydrogens (tertiary/aromatic N) is 1.